The van der Waals surface area contributed by atoms with Gasteiger partial charge in [0.2, 0.25) is 0 Å². The normalized spacial score (nSPS) is 11.9. The van der Waals surface area contributed by atoms with Gasteiger partial charge >= 0.3 is 0 Å². The van der Waals surface area contributed by atoms with Crippen LogP contribution in [0.1, 0.15) is 0 Å². The van der Waals surface area contributed by atoms with E-state index in [0.717, 1.165) is 221 Å². The Kier molecular flexibility index (Phi) is 17.8. The summed E-state index contributed by atoms with van der Waals surface area (Å²) in [7, 11) is 0. The molecule has 0 aliphatic heterocycles. The molecule has 0 spiro atoms. The average molecular weight is 1760 g/mol. The van der Waals surface area contributed by atoms with E-state index in [9.17, 15) is 0 Å². The van der Waals surface area contributed by atoms with Crippen molar-refractivity contribution < 1.29 is 0 Å². The Balaban J connectivity index is 0.583. The highest BCUT2D eigenvalue weighted by molar-refractivity contribution is 6.21. The zero-order chi connectivity index (χ0) is 90.6. The van der Waals surface area contributed by atoms with E-state index in [-0.39, 0.29) is 0 Å². The van der Waals surface area contributed by atoms with Crippen molar-refractivity contribution in [2.75, 3.05) is 0 Å². The summed E-state index contributed by atoms with van der Waals surface area (Å²) in [5, 5.41) is 13.8. The summed E-state index contributed by atoms with van der Waals surface area (Å²) in [4.78, 5) is 33.0. The maximum atomic E-state index is 5.75. The maximum absolute atomic E-state index is 5.75. The Labute approximate surface area is 791 Å². The van der Waals surface area contributed by atoms with Crippen LogP contribution in [0.4, 0.5) is 0 Å². The Morgan fingerprint density at radius 2 is 0.413 bits per heavy atom. The molecular weight excluding hydrogens is 1680 g/mol. The highest BCUT2D eigenvalue weighted by Crippen LogP contribution is 2.50. The van der Waals surface area contributed by atoms with Crippen LogP contribution in [0.15, 0.2) is 473 Å². The van der Waals surface area contributed by atoms with E-state index in [1.807, 2.05) is 42.5 Å². The van der Waals surface area contributed by atoms with E-state index in [2.05, 4.69) is 458 Å². The van der Waals surface area contributed by atoms with Crippen LogP contribution in [-0.2, 0) is 0 Å². The molecule has 0 saturated heterocycles. The third kappa shape index (κ3) is 12.3. The van der Waals surface area contributed by atoms with Gasteiger partial charge in [0.15, 0.2) is 34.9 Å². The molecule has 0 aliphatic carbocycles. The molecule has 0 atom stereocenters. The molecule has 8 heterocycles. The molecule has 0 saturated carbocycles. The van der Waals surface area contributed by atoms with Crippen LogP contribution in [-0.4, -0.2) is 57.3 Å². The molecule has 8 aromatic heterocycles. The zero-order valence-corrected chi connectivity index (χ0v) is 74.4. The smallest absolute Gasteiger partial charge is 0.166 e. The van der Waals surface area contributed by atoms with Gasteiger partial charge < -0.3 is 27.4 Å². The first-order valence-electron chi connectivity index (χ1n) is 46.8. The second-order valence-electron chi connectivity index (χ2n) is 35.5. The number of rotatable bonds is 15. The second kappa shape index (κ2) is 31.5. The number of para-hydroxylation sites is 11. The lowest BCUT2D eigenvalue weighted by Crippen LogP contribution is -2.08. The standard InChI is InChI=1S/C126H78N12/c1-5-35-79(36-6-1)121-127-122(80-37-7-2-8-38-80)130-125(129-121)100-57-33-69-114(119(100)137-105-61-23-14-47-91(105)92-48-15-24-62-106(92)137)135-110-66-28-20-54-99(110)118-89(55-32-68-113(118)135)84-72-74-111-102(77-84)96-52-18-21-59-103(96)134(111)88-46-30-42-83(76-88)82-41-29-43-86(75-82)124-128-123(81-39-9-3-10-40-81)131-126(132-124)101-58-34-70-115(120(101)138-107-63-25-16-49-93(107)94-50-17-26-64-108(94)138)136-104-60-22-13-51-95(104)97-73-71-85(78-116(97)136)90-56-31-67-112-117(90)98-53-19-27-65-109(98)133(112)87-44-11-4-12-45-87/h1-78H. The van der Waals surface area contributed by atoms with Crippen molar-refractivity contribution in [3.63, 3.8) is 0 Å². The molecule has 0 unspecified atom stereocenters. The number of hydrogen-bond acceptors (Lipinski definition) is 6. The van der Waals surface area contributed by atoms with Crippen molar-refractivity contribution >= 4 is 131 Å². The number of fused-ring (bicyclic) bond motifs is 18. The highest BCUT2D eigenvalue weighted by Gasteiger charge is 2.31. The fourth-order valence-electron chi connectivity index (χ4n) is 22.0. The predicted octanol–water partition coefficient (Wildman–Crippen LogP) is 31.6. The summed E-state index contributed by atoms with van der Waals surface area (Å²) in [5.74, 6) is 3.38. The van der Waals surface area contributed by atoms with Gasteiger partial charge in [0.25, 0.3) is 0 Å². The largest absolute Gasteiger partial charge is 0.309 e. The van der Waals surface area contributed by atoms with E-state index in [4.69, 9.17) is 29.9 Å². The third-order valence-electron chi connectivity index (χ3n) is 27.9. The summed E-state index contributed by atoms with van der Waals surface area (Å²) < 4.78 is 14.6. The molecule has 12 nitrogen and oxygen atoms in total. The van der Waals surface area contributed by atoms with Crippen LogP contribution in [0.5, 0.6) is 0 Å². The number of aromatic nitrogens is 12. The first-order valence-corrected chi connectivity index (χ1v) is 46.8. The monoisotopic (exact) mass is 1760 g/mol. The lowest BCUT2D eigenvalue weighted by molar-refractivity contribution is 1.05. The lowest BCUT2D eigenvalue weighted by Gasteiger charge is -2.20. The van der Waals surface area contributed by atoms with Crippen molar-refractivity contribution in [1.82, 2.24) is 57.3 Å². The van der Waals surface area contributed by atoms with E-state index in [1.165, 1.54) is 10.8 Å². The molecule has 0 fully saturated rings. The fourth-order valence-corrected chi connectivity index (χ4v) is 22.0. The van der Waals surface area contributed by atoms with E-state index < -0.39 is 0 Å². The summed E-state index contributed by atoms with van der Waals surface area (Å²) in [5.41, 5.74) is 30.7. The van der Waals surface area contributed by atoms with Crippen LogP contribution in [0.25, 0.3) is 267 Å². The first-order chi connectivity index (χ1) is 68.5. The topological polar surface area (TPSA) is 107 Å². The summed E-state index contributed by atoms with van der Waals surface area (Å²) in [6, 6.07) is 170. The minimum absolute atomic E-state index is 0.533. The number of hydrogen-bond donors (Lipinski definition) is 0. The summed E-state index contributed by atoms with van der Waals surface area (Å²) in [6.45, 7) is 0. The molecule has 138 heavy (non-hydrogen) atoms. The van der Waals surface area contributed by atoms with Gasteiger partial charge in [-0.05, 0) is 167 Å². The Morgan fingerprint density at radius 1 is 0.130 bits per heavy atom. The van der Waals surface area contributed by atoms with Crippen LogP contribution in [0.3, 0.4) is 0 Å². The lowest BCUT2D eigenvalue weighted by atomic mass is 9.98. The summed E-state index contributed by atoms with van der Waals surface area (Å²) in [6.07, 6.45) is 0. The Morgan fingerprint density at radius 3 is 0.891 bits per heavy atom. The molecule has 28 aromatic rings. The highest BCUT2D eigenvalue weighted by atomic mass is 15.1. The number of nitrogens with zero attached hydrogens (tertiary/aromatic N) is 12. The quantitative estimate of drug-likeness (QED) is 0.101. The molecular formula is C126H78N12. The molecule has 28 rings (SSSR count). The van der Waals surface area contributed by atoms with Gasteiger partial charge in [-0.2, -0.15) is 0 Å². The minimum Gasteiger partial charge on any atom is -0.309 e. The molecule has 0 amide bonds. The molecule has 0 N–H and O–H groups in total. The van der Waals surface area contributed by atoms with Gasteiger partial charge in [-0.25, -0.2) is 29.9 Å². The van der Waals surface area contributed by atoms with E-state index in [0.29, 0.717) is 34.9 Å². The molecule has 642 valence electrons. The van der Waals surface area contributed by atoms with Gasteiger partial charge in [-0.1, -0.05) is 340 Å². The molecule has 0 radical (unpaired) electrons. The summed E-state index contributed by atoms with van der Waals surface area (Å²) >= 11 is 0. The maximum Gasteiger partial charge on any atom is 0.166 e. The van der Waals surface area contributed by atoms with Gasteiger partial charge in [0, 0.05) is 109 Å². The average Bonchev–Trinajstić information content (AvgIpc) is 1.55. The predicted molar refractivity (Wildman–Crippen MR) is 568 cm³/mol. The van der Waals surface area contributed by atoms with Crippen LogP contribution in [0.2, 0.25) is 0 Å². The van der Waals surface area contributed by atoms with Crippen LogP contribution >= 0.6 is 0 Å². The third-order valence-corrected chi connectivity index (χ3v) is 27.9. The van der Waals surface area contributed by atoms with Crippen molar-refractivity contribution in [2.24, 2.45) is 0 Å². The second-order valence-corrected chi connectivity index (χ2v) is 35.5. The van der Waals surface area contributed by atoms with Crippen molar-refractivity contribution in [2.45, 2.75) is 0 Å². The Bertz CT molecular complexity index is 9700. The SMILES string of the molecule is c1ccc(-c2nc(-c3cccc(-c4cccc(-n5c6ccccc6c6cc(-c7cccc8c7c7ccccc7n8-c7cccc(-c8nc(-c9ccccc9)nc(-c9ccccc9)n8)c7-n7c8ccccc8c8ccccc87)ccc65)c4)c3)nc(-c3cccc(-n4c5ccccc5c5ccc(-c6cccc7c6c6ccccc6n7-c6ccccc6)cc54)c3-n3c4ccccc4c4ccccc43)n2)cc1. The van der Waals surface area contributed by atoms with Gasteiger partial charge in [-0.15, -0.1) is 0 Å². The van der Waals surface area contributed by atoms with Crippen LogP contribution < -0.4 is 0 Å². The van der Waals surface area contributed by atoms with Gasteiger partial charge in [-0.3, -0.25) is 0 Å². The molecule has 0 aliphatic rings. The van der Waals surface area contributed by atoms with Crippen molar-refractivity contribution in [3.8, 4) is 136 Å². The van der Waals surface area contributed by atoms with Gasteiger partial charge in [0.05, 0.1) is 88.9 Å². The molecule has 20 aromatic carbocycles. The van der Waals surface area contributed by atoms with E-state index in [1.54, 1.807) is 0 Å². The zero-order valence-electron chi connectivity index (χ0n) is 74.4. The van der Waals surface area contributed by atoms with E-state index >= 15 is 0 Å². The molecule has 12 heteroatoms. The van der Waals surface area contributed by atoms with Gasteiger partial charge in [0.1, 0.15) is 0 Å². The minimum atomic E-state index is 0.533. The molecule has 0 bridgehead atoms. The van der Waals surface area contributed by atoms with Crippen LogP contribution in [0, 0.1) is 0 Å². The Hall–Kier alpha value is -18.8. The van der Waals surface area contributed by atoms with Crippen molar-refractivity contribution in [3.05, 3.63) is 473 Å². The fraction of sp³-hybridized carbons (Fsp3) is 0. The number of benzene rings is 20. The first kappa shape index (κ1) is 77.9. The van der Waals surface area contributed by atoms with Crippen molar-refractivity contribution in [1.29, 1.82) is 0 Å².